The van der Waals surface area contributed by atoms with Crippen LogP contribution in [0.5, 0.6) is 0 Å². The Kier molecular flexibility index (Phi) is 1.51. The highest BCUT2D eigenvalue weighted by atomic mass is 32.1. The highest BCUT2D eigenvalue weighted by Gasteiger charge is 2.00. The molecule has 1 nitrogen and oxygen atoms in total. The van der Waals surface area contributed by atoms with Gasteiger partial charge in [0.15, 0.2) is 3.95 Å². The van der Waals surface area contributed by atoms with Crippen LogP contribution >= 0.6 is 23.6 Å². The van der Waals surface area contributed by atoms with Gasteiger partial charge in [-0.3, -0.25) is 0 Å². The number of nitrogens with one attached hydrogen (secondary N) is 1. The minimum absolute atomic E-state index is 0.241. The number of H-pyrrole nitrogens is 1. The van der Waals surface area contributed by atoms with Crippen LogP contribution in [0.2, 0.25) is 0 Å². The molecule has 0 saturated heterocycles. The molecule has 0 aliphatic rings. The third-order valence-electron chi connectivity index (χ3n) is 1.41. The van der Waals surface area contributed by atoms with Crippen LogP contribution in [0.1, 0.15) is 0 Å². The van der Waals surface area contributed by atoms with Gasteiger partial charge in [-0.2, -0.15) is 0 Å². The fourth-order valence-electron chi connectivity index (χ4n) is 0.938. The van der Waals surface area contributed by atoms with E-state index >= 15 is 0 Å². The molecule has 1 aromatic heterocycles. The Hall–Kier alpha value is -0.740. The van der Waals surface area contributed by atoms with Gasteiger partial charge in [-0.15, -0.1) is 11.3 Å². The lowest BCUT2D eigenvalue weighted by molar-refractivity contribution is 0.637. The van der Waals surface area contributed by atoms with Crippen LogP contribution in [0.3, 0.4) is 0 Å². The number of halogens is 1. The molecule has 56 valence electrons. The van der Waals surface area contributed by atoms with Gasteiger partial charge in [-0.25, -0.2) is 4.39 Å². The standard InChI is InChI=1S/C7H4FNS2/c8-4-2-1-3-5-6(4)9-7(10)11-5/h1-3H,(H,9,10). The number of hydrogen-bond acceptors (Lipinski definition) is 2. The SMILES string of the molecule is Fc1cccc2sc(=S)[nH]c12. The Morgan fingerprint density at radius 1 is 1.45 bits per heavy atom. The van der Waals surface area contributed by atoms with Crippen molar-refractivity contribution < 1.29 is 4.39 Å². The Bertz CT molecular complexity index is 443. The molecule has 0 aliphatic heterocycles. The maximum Gasteiger partial charge on any atom is 0.159 e. The highest BCUT2D eigenvalue weighted by Crippen LogP contribution is 2.20. The topological polar surface area (TPSA) is 15.8 Å². The molecule has 2 rings (SSSR count). The van der Waals surface area contributed by atoms with Crippen LogP contribution in [-0.2, 0) is 0 Å². The van der Waals surface area contributed by atoms with E-state index in [1.54, 1.807) is 6.07 Å². The molecule has 2 aromatic rings. The first-order valence-corrected chi connectivity index (χ1v) is 4.27. The third kappa shape index (κ3) is 1.08. The number of hydrogen-bond donors (Lipinski definition) is 1. The summed E-state index contributed by atoms with van der Waals surface area (Å²) in [6, 6.07) is 4.94. The van der Waals surface area contributed by atoms with Crippen LogP contribution in [0.25, 0.3) is 10.2 Å². The minimum Gasteiger partial charge on any atom is -0.335 e. The van der Waals surface area contributed by atoms with Crippen LogP contribution in [0.15, 0.2) is 18.2 Å². The summed E-state index contributed by atoms with van der Waals surface area (Å²) in [5, 5.41) is 0. The first kappa shape index (κ1) is 6.94. The fraction of sp³-hybridized carbons (Fsp3) is 0. The summed E-state index contributed by atoms with van der Waals surface area (Å²) in [5.41, 5.74) is 0.516. The van der Waals surface area contributed by atoms with Crippen LogP contribution < -0.4 is 0 Å². The van der Waals surface area contributed by atoms with Crippen molar-refractivity contribution in [2.75, 3.05) is 0 Å². The second-order valence-electron chi connectivity index (χ2n) is 2.13. The van der Waals surface area contributed by atoms with Crippen LogP contribution in [-0.4, -0.2) is 4.98 Å². The number of fused-ring (bicyclic) bond motifs is 1. The van der Waals surface area contributed by atoms with E-state index in [1.165, 1.54) is 17.4 Å². The van der Waals surface area contributed by atoms with E-state index in [-0.39, 0.29) is 5.82 Å². The van der Waals surface area contributed by atoms with Gasteiger partial charge in [0.1, 0.15) is 5.82 Å². The molecule has 0 bridgehead atoms. The molecule has 1 N–H and O–H groups in total. The lowest BCUT2D eigenvalue weighted by Gasteiger charge is -1.87. The van der Waals surface area contributed by atoms with Crippen molar-refractivity contribution in [2.24, 2.45) is 0 Å². The van der Waals surface area contributed by atoms with Crippen molar-refractivity contribution in [3.05, 3.63) is 28.0 Å². The van der Waals surface area contributed by atoms with Gasteiger partial charge < -0.3 is 4.98 Å². The van der Waals surface area contributed by atoms with E-state index in [0.717, 1.165) is 4.70 Å². The molecule has 0 unspecified atom stereocenters. The summed E-state index contributed by atoms with van der Waals surface area (Å²) in [6.07, 6.45) is 0. The fourth-order valence-corrected chi connectivity index (χ4v) is 2.06. The molecule has 4 heteroatoms. The van der Waals surface area contributed by atoms with Gasteiger partial charge in [-0.05, 0) is 24.4 Å². The zero-order chi connectivity index (χ0) is 7.84. The minimum atomic E-state index is -0.241. The maximum absolute atomic E-state index is 12.9. The Morgan fingerprint density at radius 3 is 3.00 bits per heavy atom. The van der Waals surface area contributed by atoms with Crippen molar-refractivity contribution in [1.29, 1.82) is 0 Å². The van der Waals surface area contributed by atoms with Crippen LogP contribution in [0.4, 0.5) is 4.39 Å². The molecule has 0 saturated carbocycles. The molecule has 0 spiro atoms. The van der Waals surface area contributed by atoms with E-state index in [4.69, 9.17) is 12.2 Å². The summed E-state index contributed by atoms with van der Waals surface area (Å²) in [7, 11) is 0. The number of benzene rings is 1. The lowest BCUT2D eigenvalue weighted by atomic mass is 10.3. The molecule has 0 aliphatic carbocycles. The van der Waals surface area contributed by atoms with Crippen LogP contribution in [0, 0.1) is 9.77 Å². The van der Waals surface area contributed by atoms with Gasteiger partial charge in [0.05, 0.1) is 10.2 Å². The van der Waals surface area contributed by atoms with Gasteiger partial charge in [0.25, 0.3) is 0 Å². The predicted octanol–water partition coefficient (Wildman–Crippen LogP) is 3.10. The largest absolute Gasteiger partial charge is 0.335 e. The van der Waals surface area contributed by atoms with Gasteiger partial charge >= 0.3 is 0 Å². The number of aromatic nitrogens is 1. The van der Waals surface area contributed by atoms with E-state index in [2.05, 4.69) is 4.98 Å². The van der Waals surface area contributed by atoms with E-state index < -0.39 is 0 Å². The van der Waals surface area contributed by atoms with E-state index in [0.29, 0.717) is 9.47 Å². The quantitative estimate of drug-likeness (QED) is 0.623. The average molecular weight is 185 g/mol. The summed E-state index contributed by atoms with van der Waals surface area (Å²) >= 11 is 6.25. The number of rotatable bonds is 0. The summed E-state index contributed by atoms with van der Waals surface area (Å²) in [5.74, 6) is -0.241. The summed E-state index contributed by atoms with van der Waals surface area (Å²) in [4.78, 5) is 2.79. The van der Waals surface area contributed by atoms with E-state index in [1.807, 2.05) is 6.07 Å². The third-order valence-corrected chi connectivity index (χ3v) is 2.60. The molecule has 1 heterocycles. The van der Waals surface area contributed by atoms with Crippen molar-refractivity contribution >= 4 is 33.8 Å². The highest BCUT2D eigenvalue weighted by molar-refractivity contribution is 7.73. The first-order chi connectivity index (χ1) is 5.27. The predicted molar refractivity (Wildman–Crippen MR) is 47.0 cm³/mol. The molecule has 0 fully saturated rings. The van der Waals surface area contributed by atoms with Gasteiger partial charge in [0, 0.05) is 0 Å². The van der Waals surface area contributed by atoms with Gasteiger partial charge in [0.2, 0.25) is 0 Å². The molecule has 11 heavy (non-hydrogen) atoms. The summed E-state index contributed by atoms with van der Waals surface area (Å²) in [6.45, 7) is 0. The van der Waals surface area contributed by atoms with Crippen molar-refractivity contribution in [3.63, 3.8) is 0 Å². The maximum atomic E-state index is 12.9. The Labute approximate surface area is 71.5 Å². The monoisotopic (exact) mass is 185 g/mol. The number of para-hydroxylation sites is 1. The van der Waals surface area contributed by atoms with Crippen molar-refractivity contribution in [2.45, 2.75) is 0 Å². The summed E-state index contributed by atoms with van der Waals surface area (Å²) < 4.78 is 14.4. The van der Waals surface area contributed by atoms with Gasteiger partial charge in [-0.1, -0.05) is 6.07 Å². The Balaban J connectivity index is 3.01. The Morgan fingerprint density at radius 2 is 2.27 bits per heavy atom. The smallest absolute Gasteiger partial charge is 0.159 e. The second-order valence-corrected chi connectivity index (χ2v) is 3.85. The van der Waals surface area contributed by atoms with Crippen molar-refractivity contribution in [3.8, 4) is 0 Å². The molecule has 1 aromatic carbocycles. The van der Waals surface area contributed by atoms with E-state index in [9.17, 15) is 4.39 Å². The number of aromatic amines is 1. The molecular formula is C7H4FNS2. The average Bonchev–Trinajstić information content (AvgIpc) is 2.31. The zero-order valence-corrected chi connectivity index (χ0v) is 7.06. The lowest BCUT2D eigenvalue weighted by Crippen LogP contribution is -1.74. The van der Waals surface area contributed by atoms with Crippen molar-refractivity contribution in [1.82, 2.24) is 4.98 Å². The zero-order valence-electron chi connectivity index (χ0n) is 5.43. The molecule has 0 radical (unpaired) electrons. The molecule has 0 amide bonds. The normalized spacial score (nSPS) is 10.6. The number of thiazole rings is 1. The first-order valence-electron chi connectivity index (χ1n) is 3.05. The molecule has 0 atom stereocenters. The molecular weight excluding hydrogens is 181 g/mol. The second kappa shape index (κ2) is 2.39.